The fourth-order valence-electron chi connectivity index (χ4n) is 2.26. The molecule has 1 N–H and O–H groups in total. The highest BCUT2D eigenvalue weighted by atomic mass is 32.1. The Kier molecular flexibility index (Phi) is 2.61. The summed E-state index contributed by atoms with van der Waals surface area (Å²) in [6.07, 6.45) is 8.19. The Morgan fingerprint density at radius 2 is 2.00 bits per heavy atom. The molecule has 0 aliphatic heterocycles. The molecule has 0 bridgehead atoms. The molecule has 3 nitrogen and oxygen atoms in total. The highest BCUT2D eigenvalue weighted by Crippen LogP contribution is 2.39. The molecule has 2 fully saturated rings. The maximum Gasteiger partial charge on any atom is 0.202 e. The average molecular weight is 223 g/mol. The topological polar surface area (TPSA) is 37.8 Å². The quantitative estimate of drug-likeness (QED) is 0.852. The van der Waals surface area contributed by atoms with Gasteiger partial charge in [0.15, 0.2) is 0 Å². The van der Waals surface area contributed by atoms with Crippen LogP contribution >= 0.6 is 11.5 Å². The van der Waals surface area contributed by atoms with Crippen LogP contribution < -0.4 is 5.32 Å². The van der Waals surface area contributed by atoms with E-state index in [1.54, 1.807) is 0 Å². The first-order valence-electron chi connectivity index (χ1n) is 5.99. The predicted octanol–water partition coefficient (Wildman–Crippen LogP) is 3.02. The monoisotopic (exact) mass is 223 g/mol. The molecule has 0 unspecified atom stereocenters. The maximum absolute atomic E-state index is 4.53. The van der Waals surface area contributed by atoms with Crippen molar-refractivity contribution in [1.82, 2.24) is 9.36 Å². The Morgan fingerprint density at radius 3 is 2.73 bits per heavy atom. The van der Waals surface area contributed by atoms with Gasteiger partial charge in [-0.2, -0.15) is 4.37 Å². The van der Waals surface area contributed by atoms with Crippen LogP contribution in [-0.4, -0.2) is 15.9 Å². The molecule has 0 saturated heterocycles. The van der Waals surface area contributed by atoms with E-state index in [0.717, 1.165) is 23.4 Å². The third-order valence-electron chi connectivity index (χ3n) is 3.40. The number of rotatable bonds is 4. The van der Waals surface area contributed by atoms with Crippen LogP contribution in [0.5, 0.6) is 0 Å². The summed E-state index contributed by atoms with van der Waals surface area (Å²) in [6.45, 7) is 1.10. The van der Waals surface area contributed by atoms with E-state index in [0.29, 0.717) is 5.92 Å². The molecule has 1 aromatic heterocycles. The molecule has 1 aromatic rings. The smallest absolute Gasteiger partial charge is 0.202 e. The highest BCUT2D eigenvalue weighted by Gasteiger charge is 2.27. The molecule has 3 rings (SSSR count). The van der Waals surface area contributed by atoms with Crippen LogP contribution in [0.25, 0.3) is 0 Å². The van der Waals surface area contributed by atoms with Gasteiger partial charge in [-0.3, -0.25) is 0 Å². The number of hydrogen-bond donors (Lipinski definition) is 1. The van der Waals surface area contributed by atoms with E-state index < -0.39 is 0 Å². The average Bonchev–Trinajstić information content (AvgIpc) is 2.82. The summed E-state index contributed by atoms with van der Waals surface area (Å²) >= 11 is 1.53. The molecule has 82 valence electrons. The second kappa shape index (κ2) is 4.08. The summed E-state index contributed by atoms with van der Waals surface area (Å²) < 4.78 is 4.39. The van der Waals surface area contributed by atoms with Gasteiger partial charge in [0, 0.05) is 24.0 Å². The Morgan fingerprint density at radius 1 is 1.20 bits per heavy atom. The van der Waals surface area contributed by atoms with Gasteiger partial charge in [-0.15, -0.1) is 0 Å². The van der Waals surface area contributed by atoms with Crippen LogP contribution in [-0.2, 0) is 0 Å². The van der Waals surface area contributed by atoms with Crippen molar-refractivity contribution in [2.45, 2.75) is 44.4 Å². The van der Waals surface area contributed by atoms with Crippen molar-refractivity contribution >= 4 is 16.7 Å². The first-order chi connectivity index (χ1) is 7.42. The summed E-state index contributed by atoms with van der Waals surface area (Å²) in [5, 5.41) is 4.47. The van der Waals surface area contributed by atoms with Crippen molar-refractivity contribution in [1.29, 1.82) is 0 Å². The number of anilines is 1. The first-order valence-corrected chi connectivity index (χ1v) is 6.76. The van der Waals surface area contributed by atoms with Crippen molar-refractivity contribution in [2.75, 3.05) is 11.9 Å². The van der Waals surface area contributed by atoms with Gasteiger partial charge in [0.2, 0.25) is 5.13 Å². The van der Waals surface area contributed by atoms with Gasteiger partial charge in [0.05, 0.1) is 0 Å². The molecule has 4 heteroatoms. The molecule has 2 aliphatic carbocycles. The van der Waals surface area contributed by atoms with Crippen LogP contribution in [0.2, 0.25) is 0 Å². The normalized spacial score (nSPS) is 22.1. The van der Waals surface area contributed by atoms with E-state index >= 15 is 0 Å². The van der Waals surface area contributed by atoms with Gasteiger partial charge in [0.1, 0.15) is 5.82 Å². The van der Waals surface area contributed by atoms with Crippen LogP contribution in [0.3, 0.4) is 0 Å². The molecule has 0 radical (unpaired) electrons. The molecule has 1 heterocycles. The van der Waals surface area contributed by atoms with Crippen LogP contribution in [0.1, 0.15) is 50.3 Å². The second-order valence-electron chi connectivity index (χ2n) is 4.76. The summed E-state index contributed by atoms with van der Waals surface area (Å²) in [6, 6.07) is 0. The molecular formula is C11H17N3S. The van der Waals surface area contributed by atoms with Gasteiger partial charge in [-0.1, -0.05) is 12.8 Å². The van der Waals surface area contributed by atoms with Gasteiger partial charge in [-0.25, -0.2) is 4.98 Å². The van der Waals surface area contributed by atoms with Gasteiger partial charge in [-0.05, 0) is 31.6 Å². The molecule has 2 saturated carbocycles. The lowest BCUT2D eigenvalue weighted by atomic mass is 10.1. The van der Waals surface area contributed by atoms with Gasteiger partial charge < -0.3 is 5.32 Å². The van der Waals surface area contributed by atoms with E-state index in [9.17, 15) is 0 Å². The van der Waals surface area contributed by atoms with E-state index in [-0.39, 0.29) is 0 Å². The van der Waals surface area contributed by atoms with Crippen molar-refractivity contribution < 1.29 is 0 Å². The molecule has 0 amide bonds. The summed E-state index contributed by atoms with van der Waals surface area (Å²) in [5.41, 5.74) is 0. The van der Waals surface area contributed by atoms with E-state index in [1.165, 1.54) is 50.1 Å². The van der Waals surface area contributed by atoms with Crippen molar-refractivity contribution in [3.63, 3.8) is 0 Å². The SMILES string of the molecule is C1CCC(CNc2nc(C3CC3)ns2)C1. The zero-order valence-corrected chi connectivity index (χ0v) is 9.72. The highest BCUT2D eigenvalue weighted by molar-refractivity contribution is 7.09. The third kappa shape index (κ3) is 2.30. The number of aromatic nitrogens is 2. The van der Waals surface area contributed by atoms with Crippen molar-refractivity contribution in [2.24, 2.45) is 5.92 Å². The zero-order valence-electron chi connectivity index (χ0n) is 8.91. The lowest BCUT2D eigenvalue weighted by Gasteiger charge is -2.08. The Labute approximate surface area is 94.5 Å². The zero-order chi connectivity index (χ0) is 10.1. The number of nitrogens with zero attached hydrogens (tertiary/aromatic N) is 2. The summed E-state index contributed by atoms with van der Waals surface area (Å²) in [7, 11) is 0. The van der Waals surface area contributed by atoms with E-state index in [1.807, 2.05) is 0 Å². The fraction of sp³-hybridized carbons (Fsp3) is 0.818. The van der Waals surface area contributed by atoms with Crippen molar-refractivity contribution in [3.05, 3.63) is 5.82 Å². The Balaban J connectivity index is 1.52. The standard InChI is InChI=1S/C11H17N3S/c1-2-4-8(3-1)7-12-11-13-10(14-15-11)9-5-6-9/h8-9H,1-7H2,(H,12,13,14). The van der Waals surface area contributed by atoms with Crippen molar-refractivity contribution in [3.8, 4) is 0 Å². The number of nitrogens with one attached hydrogen (secondary N) is 1. The fourth-order valence-corrected chi connectivity index (χ4v) is 2.91. The summed E-state index contributed by atoms with van der Waals surface area (Å²) in [5.74, 6) is 2.63. The Hall–Kier alpha value is -0.640. The van der Waals surface area contributed by atoms with Crippen LogP contribution in [0.15, 0.2) is 0 Å². The minimum atomic E-state index is 0.684. The molecule has 2 aliphatic rings. The lowest BCUT2D eigenvalue weighted by Crippen LogP contribution is -2.10. The second-order valence-corrected chi connectivity index (χ2v) is 5.52. The minimum Gasteiger partial charge on any atom is -0.360 e. The van der Waals surface area contributed by atoms with E-state index in [2.05, 4.69) is 14.7 Å². The Bertz CT molecular complexity index is 326. The minimum absolute atomic E-state index is 0.684. The van der Waals surface area contributed by atoms with Gasteiger partial charge >= 0.3 is 0 Å². The molecule has 0 atom stereocenters. The molecule has 0 aromatic carbocycles. The lowest BCUT2D eigenvalue weighted by molar-refractivity contribution is 0.579. The van der Waals surface area contributed by atoms with Crippen LogP contribution in [0, 0.1) is 5.92 Å². The van der Waals surface area contributed by atoms with Gasteiger partial charge in [0.25, 0.3) is 0 Å². The predicted molar refractivity (Wildman–Crippen MR) is 62.3 cm³/mol. The van der Waals surface area contributed by atoms with E-state index in [4.69, 9.17) is 0 Å². The number of hydrogen-bond acceptors (Lipinski definition) is 4. The first kappa shape index (κ1) is 9.58. The molecule has 15 heavy (non-hydrogen) atoms. The summed E-state index contributed by atoms with van der Waals surface area (Å²) in [4.78, 5) is 4.53. The molecule has 0 spiro atoms. The van der Waals surface area contributed by atoms with Crippen LogP contribution in [0.4, 0.5) is 5.13 Å². The maximum atomic E-state index is 4.53. The molecular weight excluding hydrogens is 206 g/mol. The third-order valence-corrected chi connectivity index (χ3v) is 4.09. The largest absolute Gasteiger partial charge is 0.360 e.